The fourth-order valence-corrected chi connectivity index (χ4v) is 18.1. The molecule has 2 heterocycles. The van der Waals surface area contributed by atoms with Gasteiger partial charge in [-0.3, -0.25) is 0 Å². The molecule has 494 valence electrons. The lowest BCUT2D eigenvalue weighted by molar-refractivity contribution is 0.296. The number of hydrogen-bond donors (Lipinski definition) is 0. The molecule has 0 saturated heterocycles. The van der Waals surface area contributed by atoms with Crippen molar-refractivity contribution in [1.82, 2.24) is 9.97 Å². The molecule has 0 radical (unpaired) electrons. The number of ether oxygens (including phenoxy) is 2. The van der Waals surface area contributed by atoms with Crippen LogP contribution in [0.4, 0.5) is 0 Å². The molecule has 12 rings (SSSR count). The predicted molar refractivity (Wildman–Crippen MR) is 404 cm³/mol. The summed E-state index contributed by atoms with van der Waals surface area (Å²) in [7, 11) is 0. The average Bonchev–Trinajstić information content (AvgIpc) is 0.760. The van der Waals surface area contributed by atoms with Crippen LogP contribution in [0.5, 0.6) is 11.5 Å². The van der Waals surface area contributed by atoms with Gasteiger partial charge in [0.05, 0.1) is 22.8 Å². The Morgan fingerprint density at radius 3 is 0.573 bits per heavy atom. The van der Waals surface area contributed by atoms with Crippen LogP contribution in [0.25, 0.3) is 11.4 Å². The minimum absolute atomic E-state index is 0.324. The van der Waals surface area contributed by atoms with Crippen molar-refractivity contribution in [2.45, 2.75) is 231 Å². The van der Waals surface area contributed by atoms with E-state index in [0.717, 1.165) is 85.6 Å². The lowest BCUT2D eigenvalue weighted by atomic mass is 9.79. The number of nitrogens with zero attached hydrogens (tertiary/aromatic N) is 2. The van der Waals surface area contributed by atoms with E-state index < -0.39 is 0 Å². The van der Waals surface area contributed by atoms with Crippen LogP contribution in [-0.4, -0.2) is 9.97 Å². The first kappa shape index (κ1) is 67.6. The van der Waals surface area contributed by atoms with Crippen LogP contribution in [0.15, 0.2) is 72.8 Å². The van der Waals surface area contributed by atoms with Gasteiger partial charge < -0.3 is 9.47 Å². The van der Waals surface area contributed by atoms with Crippen molar-refractivity contribution in [1.29, 1.82) is 0 Å². The van der Waals surface area contributed by atoms with Gasteiger partial charge in [0.25, 0.3) is 0 Å². The van der Waals surface area contributed by atoms with Crippen LogP contribution in [0, 0.1) is 166 Å². The standard InChI is InChI=1S/C92H104N2O2/c1-47-31-48(2)74-38-78-52(6)34-56(10)82(62(78)16)42-86-65(19)85(41-81-55(9)33-51(5)77(61(81)15)37-73(47)59(74)13)67(21)91(68(86)22)95-45-71-27-25-29-89(93-71)90-30-26-28-72(94-90)46-96-92-69(23)87-43-83-57(11)35-53(7)79(63(83)17)39-75-49(3)32-50(4)76(60(75)14)40-80-54(8)36-58(12)84(64(80)18)44-88(66(87)20)70(92)24/h25-36H,37-46H2,1-24H3. The van der Waals surface area contributed by atoms with E-state index in [9.17, 15) is 0 Å². The largest absolute Gasteiger partial charge is 0.487 e. The Labute approximate surface area is 576 Å². The number of hydrogen-bond acceptors (Lipinski definition) is 4. The van der Waals surface area contributed by atoms with Crippen LogP contribution in [0.2, 0.25) is 0 Å². The molecule has 16 bridgehead atoms. The van der Waals surface area contributed by atoms with E-state index >= 15 is 0 Å². The van der Waals surface area contributed by atoms with Crippen molar-refractivity contribution in [2.24, 2.45) is 0 Å². The first-order valence-corrected chi connectivity index (χ1v) is 35.4. The lowest BCUT2D eigenvalue weighted by Gasteiger charge is -2.27. The summed E-state index contributed by atoms with van der Waals surface area (Å²) >= 11 is 0. The van der Waals surface area contributed by atoms with Gasteiger partial charge in [-0.15, -0.1) is 0 Å². The number of fused-ring (bicyclic) bond motifs is 16. The topological polar surface area (TPSA) is 44.2 Å². The van der Waals surface area contributed by atoms with Gasteiger partial charge >= 0.3 is 0 Å². The monoisotopic (exact) mass is 1270 g/mol. The van der Waals surface area contributed by atoms with Gasteiger partial charge in [0.2, 0.25) is 0 Å². The molecule has 10 aromatic rings. The number of pyridine rings is 2. The molecular formula is C92H104N2O2. The second-order valence-corrected chi connectivity index (χ2v) is 29.9. The molecule has 8 aromatic carbocycles. The fourth-order valence-electron chi connectivity index (χ4n) is 18.1. The van der Waals surface area contributed by atoms with Crippen molar-refractivity contribution < 1.29 is 9.47 Å². The molecule has 0 aliphatic heterocycles. The number of benzene rings is 8. The normalized spacial score (nSPS) is 13.0. The quantitative estimate of drug-likeness (QED) is 0.160. The van der Waals surface area contributed by atoms with E-state index in [4.69, 9.17) is 19.4 Å². The third-order valence-corrected chi connectivity index (χ3v) is 24.2. The Morgan fingerprint density at radius 1 is 0.219 bits per heavy atom. The minimum atomic E-state index is 0.324. The molecule has 0 spiro atoms. The van der Waals surface area contributed by atoms with Gasteiger partial charge in [0.15, 0.2) is 0 Å². The zero-order valence-corrected chi connectivity index (χ0v) is 62.7. The lowest BCUT2D eigenvalue weighted by Crippen LogP contribution is -2.13. The van der Waals surface area contributed by atoms with Crippen LogP contribution >= 0.6 is 0 Å². The summed E-state index contributed by atoms with van der Waals surface area (Å²) in [6.07, 6.45) is 7.04. The summed E-state index contributed by atoms with van der Waals surface area (Å²) < 4.78 is 14.4. The molecule has 0 atom stereocenters. The molecule has 0 N–H and O–H groups in total. The van der Waals surface area contributed by atoms with Crippen molar-refractivity contribution in [2.75, 3.05) is 0 Å². The molecule has 4 nitrogen and oxygen atoms in total. The average molecular weight is 1270 g/mol. The first-order valence-electron chi connectivity index (χ1n) is 35.4. The number of rotatable bonds is 7. The van der Waals surface area contributed by atoms with E-state index in [-0.39, 0.29) is 0 Å². The van der Waals surface area contributed by atoms with Crippen LogP contribution in [0.3, 0.4) is 0 Å². The van der Waals surface area contributed by atoms with E-state index in [2.05, 4.69) is 239 Å². The van der Waals surface area contributed by atoms with Crippen LogP contribution in [-0.2, 0) is 64.6 Å². The van der Waals surface area contributed by atoms with E-state index in [1.807, 2.05) is 0 Å². The van der Waals surface area contributed by atoms with E-state index in [1.165, 1.54) is 223 Å². The maximum atomic E-state index is 7.22. The molecule has 0 saturated carbocycles. The second-order valence-electron chi connectivity index (χ2n) is 29.9. The number of aromatic nitrogens is 2. The highest BCUT2D eigenvalue weighted by Gasteiger charge is 2.28. The van der Waals surface area contributed by atoms with Crippen molar-refractivity contribution in [3.8, 4) is 22.9 Å². The molecule has 0 fully saturated rings. The van der Waals surface area contributed by atoms with Crippen molar-refractivity contribution in [3.05, 3.63) is 307 Å². The SMILES string of the molecule is Cc1cc(C)c2c(C)c1Cc1c(C)cc(C)c(c1C)Cc1c(C)c(c(C)c(OCc3cccc(-c4cccc(COc5c(C)c6c(C)c(c5C)Cc5c(C)cc(C)c(c5C)Cc5c(C)cc(C)c(c5C)Cc5c(C)cc(C)c(c5C)C6)n4)n3)c1C)Cc1c(C)cc(C)c(c1C)C2. The smallest absolute Gasteiger partial charge is 0.130 e. The summed E-state index contributed by atoms with van der Waals surface area (Å²) in [5, 5.41) is 0. The molecule has 4 heteroatoms. The molecule has 2 aromatic heterocycles. The second kappa shape index (κ2) is 26.2. The Bertz CT molecular complexity index is 4350. The molecule has 96 heavy (non-hydrogen) atoms. The molecule has 2 aliphatic rings. The zero-order valence-electron chi connectivity index (χ0n) is 62.7. The van der Waals surface area contributed by atoms with Crippen molar-refractivity contribution in [3.63, 3.8) is 0 Å². The van der Waals surface area contributed by atoms with E-state index in [1.54, 1.807) is 0 Å². The Hall–Kier alpha value is -8.34. The third kappa shape index (κ3) is 12.1. The molecule has 0 amide bonds. The van der Waals surface area contributed by atoms with Gasteiger partial charge in [-0.2, -0.15) is 0 Å². The van der Waals surface area contributed by atoms with Gasteiger partial charge in [-0.1, -0.05) is 48.5 Å². The molecular weight excluding hydrogens is 1170 g/mol. The van der Waals surface area contributed by atoms with Gasteiger partial charge in [-0.25, -0.2) is 9.97 Å². The summed E-state index contributed by atoms with van der Waals surface area (Å²) in [6, 6.07) is 27.2. The number of aryl methyl sites for hydroxylation is 12. The third-order valence-electron chi connectivity index (χ3n) is 24.2. The van der Waals surface area contributed by atoms with Gasteiger partial charge in [0.1, 0.15) is 24.7 Å². The Kier molecular flexibility index (Phi) is 18.5. The minimum Gasteiger partial charge on any atom is -0.487 e. The maximum absolute atomic E-state index is 7.22. The highest BCUT2D eigenvalue weighted by Crippen LogP contribution is 2.44. The molecule has 2 aliphatic carbocycles. The summed E-state index contributed by atoms with van der Waals surface area (Å²) in [5.41, 5.74) is 58.7. The highest BCUT2D eigenvalue weighted by atomic mass is 16.5. The molecule has 0 unspecified atom stereocenters. The summed E-state index contributed by atoms with van der Waals surface area (Å²) in [4.78, 5) is 10.6. The summed E-state index contributed by atoms with van der Waals surface area (Å²) in [6.45, 7) is 56.7. The fraction of sp³-hybridized carbons (Fsp3) is 0.370. The van der Waals surface area contributed by atoms with E-state index in [0.29, 0.717) is 13.2 Å². The Balaban J connectivity index is 0.882. The predicted octanol–water partition coefficient (Wildman–Crippen LogP) is 22.1. The maximum Gasteiger partial charge on any atom is 0.130 e. The van der Waals surface area contributed by atoms with Crippen molar-refractivity contribution >= 4 is 0 Å². The zero-order chi connectivity index (χ0) is 68.9. The van der Waals surface area contributed by atoms with Crippen LogP contribution < -0.4 is 9.47 Å². The van der Waals surface area contributed by atoms with Gasteiger partial charge in [0, 0.05) is 0 Å². The highest BCUT2D eigenvalue weighted by molar-refractivity contribution is 5.65. The Morgan fingerprint density at radius 2 is 0.385 bits per heavy atom. The first-order chi connectivity index (χ1) is 45.5. The summed E-state index contributed by atoms with van der Waals surface area (Å²) in [5.74, 6) is 1.93. The van der Waals surface area contributed by atoms with Crippen LogP contribution in [0.1, 0.15) is 234 Å². The van der Waals surface area contributed by atoms with Gasteiger partial charge in [-0.05, 0) is 464 Å².